The smallest absolute Gasteiger partial charge is 0.313 e. The number of ether oxygens (including phenoxy) is 1. The summed E-state index contributed by atoms with van der Waals surface area (Å²) in [4.78, 5) is 25.8. The first-order chi connectivity index (χ1) is 11.9. The number of nitriles is 1. The van der Waals surface area contributed by atoms with Gasteiger partial charge in [-0.2, -0.15) is 5.26 Å². The van der Waals surface area contributed by atoms with Crippen LogP contribution in [0.3, 0.4) is 0 Å². The van der Waals surface area contributed by atoms with Crippen LogP contribution in [0.15, 0.2) is 18.2 Å². The maximum atomic E-state index is 13.2. The average Bonchev–Trinajstić information content (AvgIpc) is 2.55. The Hall–Kier alpha value is -2.50. The largest absolute Gasteiger partial charge is 0.373 e. The molecule has 1 fully saturated rings. The van der Waals surface area contributed by atoms with Crippen LogP contribution in [0.5, 0.6) is 0 Å². The molecule has 1 aromatic carbocycles. The lowest BCUT2D eigenvalue weighted by molar-refractivity contribution is -0.136. The van der Waals surface area contributed by atoms with Crippen LogP contribution in [0.25, 0.3) is 0 Å². The Morgan fingerprint density at radius 1 is 1.32 bits per heavy atom. The highest BCUT2D eigenvalue weighted by Gasteiger charge is 2.22. The summed E-state index contributed by atoms with van der Waals surface area (Å²) < 4.78 is 18.9. The first-order valence-corrected chi connectivity index (χ1v) is 8.05. The summed E-state index contributed by atoms with van der Waals surface area (Å²) in [7, 11) is 0. The molecule has 0 aliphatic carbocycles. The van der Waals surface area contributed by atoms with Gasteiger partial charge in [0, 0.05) is 31.9 Å². The summed E-state index contributed by atoms with van der Waals surface area (Å²) in [6.07, 6.45) is 0.270. The van der Waals surface area contributed by atoms with E-state index in [1.165, 1.54) is 12.1 Å². The van der Waals surface area contributed by atoms with E-state index in [-0.39, 0.29) is 23.5 Å². The van der Waals surface area contributed by atoms with Gasteiger partial charge in [0.2, 0.25) is 0 Å². The topological polar surface area (TPSA) is 94.5 Å². The molecule has 0 spiro atoms. The number of benzene rings is 1. The van der Waals surface area contributed by atoms with Gasteiger partial charge in [0.05, 0.1) is 17.8 Å². The molecule has 1 aliphatic heterocycles. The van der Waals surface area contributed by atoms with Crippen molar-refractivity contribution in [3.05, 3.63) is 29.6 Å². The Bertz CT molecular complexity index is 679. The van der Waals surface area contributed by atoms with Gasteiger partial charge in [-0.15, -0.1) is 0 Å². The number of amides is 2. The van der Waals surface area contributed by atoms with Crippen molar-refractivity contribution in [3.8, 4) is 6.07 Å². The molecule has 0 radical (unpaired) electrons. The Balaban J connectivity index is 1.79. The number of nitrogens with zero attached hydrogens (tertiary/aromatic N) is 2. The number of morpholine rings is 1. The van der Waals surface area contributed by atoms with E-state index in [9.17, 15) is 14.0 Å². The lowest BCUT2D eigenvalue weighted by Gasteiger charge is -2.35. The normalized spacial score (nSPS) is 20.6. The van der Waals surface area contributed by atoms with Crippen LogP contribution in [0, 0.1) is 17.1 Å². The van der Waals surface area contributed by atoms with E-state index in [1.807, 2.05) is 13.8 Å². The Labute approximate surface area is 145 Å². The van der Waals surface area contributed by atoms with E-state index in [0.717, 1.165) is 19.2 Å². The zero-order valence-corrected chi connectivity index (χ0v) is 14.2. The number of carbonyl (C=O) groups excluding carboxylic acids is 2. The van der Waals surface area contributed by atoms with Crippen molar-refractivity contribution < 1.29 is 18.7 Å². The second kappa shape index (κ2) is 8.55. The monoisotopic (exact) mass is 348 g/mol. The number of rotatable bonds is 4. The zero-order valence-electron chi connectivity index (χ0n) is 14.2. The van der Waals surface area contributed by atoms with Crippen LogP contribution in [-0.4, -0.2) is 55.1 Å². The maximum Gasteiger partial charge on any atom is 0.313 e. The van der Waals surface area contributed by atoms with Crippen LogP contribution >= 0.6 is 0 Å². The SMILES string of the molecule is C[C@@H]1CN(CCNC(=O)C(=O)Nc2ccc(F)c(C#N)c2)C[C@@H](C)O1. The maximum absolute atomic E-state index is 13.2. The third-order valence-corrected chi connectivity index (χ3v) is 3.76. The van der Waals surface area contributed by atoms with Crippen LogP contribution in [0.1, 0.15) is 19.4 Å². The molecule has 0 unspecified atom stereocenters. The van der Waals surface area contributed by atoms with Crippen molar-refractivity contribution >= 4 is 17.5 Å². The van der Waals surface area contributed by atoms with Crippen molar-refractivity contribution in [2.24, 2.45) is 0 Å². The molecule has 0 bridgehead atoms. The fourth-order valence-electron chi connectivity index (χ4n) is 2.75. The number of hydrogen-bond acceptors (Lipinski definition) is 5. The summed E-state index contributed by atoms with van der Waals surface area (Å²) in [6.45, 7) is 6.49. The lowest BCUT2D eigenvalue weighted by Crippen LogP contribution is -2.48. The number of nitrogens with one attached hydrogen (secondary N) is 2. The van der Waals surface area contributed by atoms with Gasteiger partial charge in [-0.05, 0) is 32.0 Å². The first-order valence-electron chi connectivity index (χ1n) is 8.05. The lowest BCUT2D eigenvalue weighted by atomic mass is 10.2. The molecule has 7 nitrogen and oxygen atoms in total. The predicted molar refractivity (Wildman–Crippen MR) is 89.2 cm³/mol. The molecule has 0 saturated carbocycles. The van der Waals surface area contributed by atoms with Crippen LogP contribution in [-0.2, 0) is 14.3 Å². The number of halogens is 1. The fraction of sp³-hybridized carbons (Fsp3) is 0.471. The van der Waals surface area contributed by atoms with Crippen molar-refractivity contribution in [1.29, 1.82) is 5.26 Å². The van der Waals surface area contributed by atoms with Crippen molar-refractivity contribution in [2.45, 2.75) is 26.1 Å². The van der Waals surface area contributed by atoms with Gasteiger partial charge in [-0.3, -0.25) is 14.5 Å². The van der Waals surface area contributed by atoms with E-state index < -0.39 is 17.6 Å². The second-order valence-corrected chi connectivity index (χ2v) is 6.03. The molecule has 2 atom stereocenters. The molecule has 0 aromatic heterocycles. The molecular weight excluding hydrogens is 327 g/mol. The summed E-state index contributed by atoms with van der Waals surface area (Å²) in [6, 6.07) is 5.20. The van der Waals surface area contributed by atoms with Gasteiger partial charge in [0.15, 0.2) is 0 Å². The molecule has 2 rings (SSSR count). The summed E-state index contributed by atoms with van der Waals surface area (Å²) in [5.74, 6) is -2.32. The summed E-state index contributed by atoms with van der Waals surface area (Å²) >= 11 is 0. The molecular formula is C17H21FN4O3. The quantitative estimate of drug-likeness (QED) is 0.787. The Morgan fingerprint density at radius 2 is 2.00 bits per heavy atom. The Morgan fingerprint density at radius 3 is 2.64 bits per heavy atom. The van der Waals surface area contributed by atoms with E-state index in [2.05, 4.69) is 15.5 Å². The minimum atomic E-state index is -0.862. The highest BCUT2D eigenvalue weighted by atomic mass is 19.1. The van der Waals surface area contributed by atoms with Crippen molar-refractivity contribution in [1.82, 2.24) is 10.2 Å². The van der Waals surface area contributed by atoms with Gasteiger partial charge in [0.1, 0.15) is 11.9 Å². The van der Waals surface area contributed by atoms with Crippen LogP contribution < -0.4 is 10.6 Å². The van der Waals surface area contributed by atoms with Gasteiger partial charge >= 0.3 is 11.8 Å². The predicted octanol–water partition coefficient (Wildman–Crippen LogP) is 0.861. The van der Waals surface area contributed by atoms with Gasteiger partial charge in [-0.1, -0.05) is 0 Å². The summed E-state index contributed by atoms with van der Waals surface area (Å²) in [5, 5.41) is 13.7. The molecule has 1 saturated heterocycles. The number of anilines is 1. The standard InChI is InChI=1S/C17H21FN4O3/c1-11-9-22(10-12(2)25-11)6-5-20-16(23)17(24)21-14-3-4-15(18)13(7-14)8-19/h3-4,7,11-12H,5-6,9-10H2,1-2H3,(H,20,23)(H,21,24)/t11-,12-/m1/s1. The molecule has 2 amide bonds. The minimum Gasteiger partial charge on any atom is -0.373 e. The van der Waals surface area contributed by atoms with Gasteiger partial charge in [-0.25, -0.2) is 4.39 Å². The van der Waals surface area contributed by atoms with Crippen molar-refractivity contribution in [3.63, 3.8) is 0 Å². The summed E-state index contributed by atoms with van der Waals surface area (Å²) in [5.41, 5.74) is -0.0114. The van der Waals surface area contributed by atoms with E-state index in [1.54, 1.807) is 6.07 Å². The number of carbonyl (C=O) groups is 2. The molecule has 1 heterocycles. The minimum absolute atomic E-state index is 0.135. The zero-order chi connectivity index (χ0) is 18.4. The second-order valence-electron chi connectivity index (χ2n) is 6.03. The molecule has 8 heteroatoms. The van der Waals surface area contributed by atoms with Crippen LogP contribution in [0.2, 0.25) is 0 Å². The molecule has 134 valence electrons. The first kappa shape index (κ1) is 18.8. The average molecular weight is 348 g/mol. The molecule has 2 N–H and O–H groups in total. The fourth-order valence-corrected chi connectivity index (χ4v) is 2.75. The highest BCUT2D eigenvalue weighted by Crippen LogP contribution is 2.13. The van der Waals surface area contributed by atoms with Gasteiger partial charge in [0.25, 0.3) is 0 Å². The van der Waals surface area contributed by atoms with E-state index in [4.69, 9.17) is 10.00 Å². The third-order valence-electron chi connectivity index (χ3n) is 3.76. The van der Waals surface area contributed by atoms with Gasteiger partial charge < -0.3 is 15.4 Å². The molecule has 25 heavy (non-hydrogen) atoms. The van der Waals surface area contributed by atoms with E-state index >= 15 is 0 Å². The van der Waals surface area contributed by atoms with Crippen molar-refractivity contribution in [2.75, 3.05) is 31.5 Å². The molecule has 1 aliphatic rings. The van der Waals surface area contributed by atoms with E-state index in [0.29, 0.717) is 13.1 Å². The third kappa shape index (κ3) is 5.52. The highest BCUT2D eigenvalue weighted by molar-refractivity contribution is 6.39. The Kier molecular flexibility index (Phi) is 6.44. The number of hydrogen-bond donors (Lipinski definition) is 2. The molecule has 1 aromatic rings. The van der Waals surface area contributed by atoms with Crippen LogP contribution in [0.4, 0.5) is 10.1 Å².